The molecular formula is C21H34O2. The van der Waals surface area contributed by atoms with Gasteiger partial charge in [-0.3, -0.25) is 4.79 Å². The summed E-state index contributed by atoms with van der Waals surface area (Å²) in [5.74, 6) is 3.93. The van der Waals surface area contributed by atoms with Crippen LogP contribution in [0.15, 0.2) is 0 Å². The van der Waals surface area contributed by atoms with Crippen LogP contribution < -0.4 is 0 Å². The third-order valence-corrected chi connectivity index (χ3v) is 8.11. The van der Waals surface area contributed by atoms with Gasteiger partial charge < -0.3 is 4.74 Å². The molecule has 0 aliphatic heterocycles. The summed E-state index contributed by atoms with van der Waals surface area (Å²) in [5.41, 5.74) is -0.423. The lowest BCUT2D eigenvalue weighted by Gasteiger charge is -2.62. The summed E-state index contributed by atoms with van der Waals surface area (Å²) in [6.45, 7) is 6.24. The summed E-state index contributed by atoms with van der Waals surface area (Å²) < 4.78 is 6.62. The van der Waals surface area contributed by atoms with Crippen LogP contribution in [-0.4, -0.2) is 11.6 Å². The van der Waals surface area contributed by atoms with Crippen LogP contribution in [0.25, 0.3) is 0 Å². The topological polar surface area (TPSA) is 26.3 Å². The average Bonchev–Trinajstić information content (AvgIpc) is 3.04. The fraction of sp³-hybridized carbons (Fsp3) is 0.952. The van der Waals surface area contributed by atoms with E-state index in [4.69, 9.17) is 4.74 Å². The molecule has 0 spiro atoms. The van der Waals surface area contributed by atoms with Crippen LogP contribution in [-0.2, 0) is 9.53 Å². The van der Waals surface area contributed by atoms with Crippen molar-refractivity contribution in [3.05, 3.63) is 0 Å². The molecule has 4 bridgehead atoms. The van der Waals surface area contributed by atoms with Crippen LogP contribution in [0.1, 0.15) is 85.0 Å². The molecule has 0 aromatic heterocycles. The van der Waals surface area contributed by atoms with E-state index in [-0.39, 0.29) is 17.0 Å². The first kappa shape index (κ1) is 16.0. The Bertz CT molecular complexity index is 444. The second-order valence-corrected chi connectivity index (χ2v) is 9.77. The number of ether oxygens (including phenoxy) is 1. The van der Waals surface area contributed by atoms with Crippen molar-refractivity contribution in [1.29, 1.82) is 0 Å². The normalized spacial score (nSPS) is 43.1. The first-order valence-corrected chi connectivity index (χ1v) is 10.2. The van der Waals surface area contributed by atoms with E-state index in [2.05, 4.69) is 20.8 Å². The molecule has 5 fully saturated rings. The van der Waals surface area contributed by atoms with E-state index in [0.29, 0.717) is 17.8 Å². The molecule has 0 heterocycles. The minimum Gasteiger partial charge on any atom is -0.458 e. The molecule has 0 aromatic rings. The molecule has 5 rings (SSSR count). The van der Waals surface area contributed by atoms with Crippen LogP contribution in [0.5, 0.6) is 0 Å². The van der Waals surface area contributed by atoms with Crippen molar-refractivity contribution in [2.45, 2.75) is 90.6 Å². The maximum absolute atomic E-state index is 13.0. The van der Waals surface area contributed by atoms with E-state index in [0.717, 1.165) is 18.3 Å². The number of hydrogen-bond acceptors (Lipinski definition) is 2. The number of carbonyl (C=O) groups is 1. The first-order chi connectivity index (χ1) is 11.0. The molecule has 5 aliphatic rings. The molecule has 0 unspecified atom stereocenters. The zero-order valence-corrected chi connectivity index (χ0v) is 15.3. The SMILES string of the molecule is CCC(C)(C)C(=O)OC1(C2CCCC2)C2CC3CC(C2)CC1C3. The number of hydrogen-bond donors (Lipinski definition) is 0. The minimum absolute atomic E-state index is 0.0828. The second kappa shape index (κ2) is 5.49. The average molecular weight is 319 g/mol. The molecule has 0 amide bonds. The van der Waals surface area contributed by atoms with E-state index in [1.54, 1.807) is 0 Å². The van der Waals surface area contributed by atoms with Gasteiger partial charge in [0.1, 0.15) is 5.60 Å². The molecular weight excluding hydrogens is 284 g/mol. The number of carbonyl (C=O) groups excluding carboxylic acids is 1. The van der Waals surface area contributed by atoms with Gasteiger partial charge in [0.05, 0.1) is 5.41 Å². The molecule has 0 radical (unpaired) electrons. The molecule has 0 saturated heterocycles. The van der Waals surface area contributed by atoms with Gasteiger partial charge in [0.15, 0.2) is 0 Å². The van der Waals surface area contributed by atoms with Crippen molar-refractivity contribution in [2.75, 3.05) is 0 Å². The van der Waals surface area contributed by atoms with Crippen molar-refractivity contribution in [3.63, 3.8) is 0 Å². The van der Waals surface area contributed by atoms with Gasteiger partial charge in [-0.1, -0.05) is 19.8 Å². The molecule has 2 nitrogen and oxygen atoms in total. The highest BCUT2D eigenvalue weighted by Gasteiger charge is 2.63. The van der Waals surface area contributed by atoms with Crippen molar-refractivity contribution < 1.29 is 9.53 Å². The Morgan fingerprint density at radius 1 is 0.957 bits per heavy atom. The predicted octanol–water partition coefficient (Wildman–Crippen LogP) is 5.35. The van der Waals surface area contributed by atoms with Crippen LogP contribution in [0.4, 0.5) is 0 Å². The van der Waals surface area contributed by atoms with Gasteiger partial charge in [-0.05, 0) is 94.8 Å². The summed E-state index contributed by atoms with van der Waals surface area (Å²) in [5, 5.41) is 0. The number of esters is 1. The third-order valence-electron chi connectivity index (χ3n) is 8.11. The monoisotopic (exact) mass is 318 g/mol. The van der Waals surface area contributed by atoms with Gasteiger partial charge >= 0.3 is 5.97 Å². The highest BCUT2D eigenvalue weighted by Crippen LogP contribution is 2.64. The summed E-state index contributed by atoms with van der Waals surface area (Å²) >= 11 is 0. The first-order valence-electron chi connectivity index (χ1n) is 10.2. The van der Waals surface area contributed by atoms with Crippen LogP contribution in [0, 0.1) is 35.0 Å². The Morgan fingerprint density at radius 3 is 1.96 bits per heavy atom. The van der Waals surface area contributed by atoms with Crippen molar-refractivity contribution in [1.82, 2.24) is 0 Å². The summed E-state index contributed by atoms with van der Waals surface area (Å²) in [6, 6.07) is 0. The maximum Gasteiger partial charge on any atom is 0.312 e. The van der Waals surface area contributed by atoms with Crippen molar-refractivity contribution in [2.24, 2.45) is 35.0 Å². The summed E-state index contributed by atoms with van der Waals surface area (Å²) in [6.07, 6.45) is 12.9. The van der Waals surface area contributed by atoms with Crippen molar-refractivity contribution in [3.8, 4) is 0 Å². The van der Waals surface area contributed by atoms with Gasteiger partial charge in [-0.2, -0.15) is 0 Å². The second-order valence-electron chi connectivity index (χ2n) is 9.77. The molecule has 5 aliphatic carbocycles. The Hall–Kier alpha value is -0.530. The van der Waals surface area contributed by atoms with Gasteiger partial charge in [-0.15, -0.1) is 0 Å². The Kier molecular flexibility index (Phi) is 3.81. The van der Waals surface area contributed by atoms with Crippen LogP contribution in [0.3, 0.4) is 0 Å². The predicted molar refractivity (Wildman–Crippen MR) is 91.9 cm³/mol. The molecule has 23 heavy (non-hydrogen) atoms. The summed E-state index contributed by atoms with van der Waals surface area (Å²) in [4.78, 5) is 13.0. The lowest BCUT2D eigenvalue weighted by molar-refractivity contribution is -0.234. The largest absolute Gasteiger partial charge is 0.458 e. The molecule has 0 aromatic carbocycles. The molecule has 0 atom stereocenters. The fourth-order valence-corrected chi connectivity index (χ4v) is 6.66. The smallest absolute Gasteiger partial charge is 0.312 e. The van der Waals surface area contributed by atoms with Gasteiger partial charge in [0.2, 0.25) is 0 Å². The van der Waals surface area contributed by atoms with E-state index in [1.807, 2.05) is 0 Å². The lowest BCUT2D eigenvalue weighted by Crippen LogP contribution is -2.63. The molecule has 5 saturated carbocycles. The van der Waals surface area contributed by atoms with Crippen LogP contribution in [0.2, 0.25) is 0 Å². The maximum atomic E-state index is 13.0. The lowest BCUT2D eigenvalue weighted by atomic mass is 9.47. The summed E-state index contributed by atoms with van der Waals surface area (Å²) in [7, 11) is 0. The van der Waals surface area contributed by atoms with E-state index in [1.165, 1.54) is 57.8 Å². The van der Waals surface area contributed by atoms with Crippen LogP contribution >= 0.6 is 0 Å². The zero-order valence-electron chi connectivity index (χ0n) is 15.3. The van der Waals surface area contributed by atoms with E-state index in [9.17, 15) is 4.79 Å². The van der Waals surface area contributed by atoms with Crippen molar-refractivity contribution >= 4 is 5.97 Å². The number of rotatable bonds is 4. The highest BCUT2D eigenvalue weighted by molar-refractivity contribution is 5.76. The Balaban J connectivity index is 1.67. The Morgan fingerprint density at radius 2 is 1.48 bits per heavy atom. The minimum atomic E-state index is -0.333. The fourth-order valence-electron chi connectivity index (χ4n) is 6.66. The van der Waals surface area contributed by atoms with Gasteiger partial charge in [-0.25, -0.2) is 0 Å². The highest BCUT2D eigenvalue weighted by atomic mass is 16.6. The Labute approximate surface area is 141 Å². The van der Waals surface area contributed by atoms with E-state index >= 15 is 0 Å². The molecule has 2 heteroatoms. The third kappa shape index (κ3) is 2.38. The molecule has 130 valence electrons. The van der Waals surface area contributed by atoms with E-state index < -0.39 is 0 Å². The van der Waals surface area contributed by atoms with Gasteiger partial charge in [0.25, 0.3) is 0 Å². The standard InChI is InChI=1S/C21H34O2/c1-4-20(2,3)19(22)23-21(16-7-5-6-8-16)17-10-14-9-15(12-17)13-18(21)11-14/h14-18H,4-13H2,1-3H3. The quantitative estimate of drug-likeness (QED) is 0.653. The molecule has 0 N–H and O–H groups in total. The zero-order chi connectivity index (χ0) is 16.2. The van der Waals surface area contributed by atoms with Gasteiger partial charge in [0, 0.05) is 0 Å².